The number of methoxy groups -OCH3 is 2. The lowest BCUT2D eigenvalue weighted by Crippen LogP contribution is -2.50. The summed E-state index contributed by atoms with van der Waals surface area (Å²) in [5, 5.41) is 2.97. The van der Waals surface area contributed by atoms with E-state index in [0.717, 1.165) is 30.6 Å². The van der Waals surface area contributed by atoms with E-state index >= 15 is 0 Å². The highest BCUT2D eigenvalue weighted by atomic mass is 16.5. The number of benzene rings is 1. The van der Waals surface area contributed by atoms with E-state index in [0.29, 0.717) is 18.8 Å². The van der Waals surface area contributed by atoms with Crippen LogP contribution in [0.1, 0.15) is 24.8 Å². The predicted molar refractivity (Wildman–Crippen MR) is 76.7 cm³/mol. The Morgan fingerprint density at radius 3 is 2.60 bits per heavy atom. The van der Waals surface area contributed by atoms with E-state index in [1.54, 1.807) is 14.2 Å². The van der Waals surface area contributed by atoms with Crippen LogP contribution in [0.25, 0.3) is 0 Å². The van der Waals surface area contributed by atoms with Crippen molar-refractivity contribution in [1.29, 1.82) is 0 Å². The molecule has 1 aliphatic rings. The highest BCUT2D eigenvalue weighted by Crippen LogP contribution is 2.40. The quantitative estimate of drug-likeness (QED) is 0.826. The van der Waals surface area contributed by atoms with Gasteiger partial charge in [-0.15, -0.1) is 0 Å². The Bertz CT molecular complexity index is 478. The fraction of sp³-hybridized carbons (Fsp3) is 0.533. The van der Waals surface area contributed by atoms with Gasteiger partial charge in [0.1, 0.15) is 11.5 Å². The summed E-state index contributed by atoms with van der Waals surface area (Å²) in [5.41, 5.74) is 6.31. The third-order valence-corrected chi connectivity index (χ3v) is 4.12. The summed E-state index contributed by atoms with van der Waals surface area (Å²) in [5.74, 6) is 1.48. The molecule has 3 N–H and O–H groups in total. The summed E-state index contributed by atoms with van der Waals surface area (Å²) in [6.07, 6.45) is 2.85. The second-order valence-electron chi connectivity index (χ2n) is 5.20. The van der Waals surface area contributed by atoms with Crippen molar-refractivity contribution >= 4 is 5.91 Å². The lowest BCUT2D eigenvalue weighted by Gasteiger charge is -2.39. The van der Waals surface area contributed by atoms with E-state index in [1.165, 1.54) is 0 Å². The largest absolute Gasteiger partial charge is 0.497 e. The van der Waals surface area contributed by atoms with Gasteiger partial charge in [-0.05, 0) is 25.0 Å². The van der Waals surface area contributed by atoms with Gasteiger partial charge in [-0.2, -0.15) is 0 Å². The molecule has 0 radical (unpaired) electrons. The number of amides is 1. The summed E-state index contributed by atoms with van der Waals surface area (Å²) in [7, 11) is 3.21. The van der Waals surface area contributed by atoms with Gasteiger partial charge in [-0.25, -0.2) is 0 Å². The van der Waals surface area contributed by atoms with Crippen molar-refractivity contribution in [1.82, 2.24) is 5.32 Å². The van der Waals surface area contributed by atoms with Crippen LogP contribution in [0.5, 0.6) is 11.5 Å². The molecule has 110 valence electrons. The van der Waals surface area contributed by atoms with Crippen LogP contribution < -0.4 is 20.5 Å². The van der Waals surface area contributed by atoms with Crippen LogP contribution in [0.2, 0.25) is 0 Å². The maximum atomic E-state index is 12.2. The van der Waals surface area contributed by atoms with E-state index in [9.17, 15) is 4.79 Å². The zero-order valence-corrected chi connectivity index (χ0v) is 12.1. The lowest BCUT2D eigenvalue weighted by atomic mass is 9.68. The fourth-order valence-electron chi connectivity index (χ4n) is 2.49. The monoisotopic (exact) mass is 278 g/mol. The molecule has 5 heteroatoms. The Hall–Kier alpha value is -1.75. The Balaban J connectivity index is 2.02. The van der Waals surface area contributed by atoms with Gasteiger partial charge in [0.2, 0.25) is 5.91 Å². The Morgan fingerprint density at radius 2 is 2.10 bits per heavy atom. The molecule has 0 bridgehead atoms. The molecule has 1 aromatic rings. The van der Waals surface area contributed by atoms with Gasteiger partial charge in [0.25, 0.3) is 0 Å². The van der Waals surface area contributed by atoms with E-state index in [-0.39, 0.29) is 11.3 Å². The summed E-state index contributed by atoms with van der Waals surface area (Å²) in [6, 6.07) is 5.56. The number of hydrogen-bond acceptors (Lipinski definition) is 4. The predicted octanol–water partition coefficient (Wildman–Crippen LogP) is 1.45. The van der Waals surface area contributed by atoms with Crippen LogP contribution in [0.15, 0.2) is 18.2 Å². The van der Waals surface area contributed by atoms with Crippen LogP contribution >= 0.6 is 0 Å². The highest BCUT2D eigenvalue weighted by molar-refractivity contribution is 5.83. The summed E-state index contributed by atoms with van der Waals surface area (Å²) in [4.78, 5) is 12.2. The number of hydrogen-bond donors (Lipinski definition) is 2. The van der Waals surface area contributed by atoms with Gasteiger partial charge in [0.05, 0.1) is 19.6 Å². The van der Waals surface area contributed by atoms with Crippen LogP contribution in [0.3, 0.4) is 0 Å². The summed E-state index contributed by atoms with van der Waals surface area (Å²) < 4.78 is 10.5. The smallest absolute Gasteiger partial charge is 0.227 e. The number of nitrogens with two attached hydrogens (primary N) is 1. The maximum Gasteiger partial charge on any atom is 0.227 e. The normalized spacial score (nSPS) is 16.1. The number of nitrogens with one attached hydrogen (secondary N) is 1. The lowest BCUT2D eigenvalue weighted by molar-refractivity contribution is -0.135. The third kappa shape index (κ3) is 2.72. The summed E-state index contributed by atoms with van der Waals surface area (Å²) >= 11 is 0. The Morgan fingerprint density at radius 1 is 1.35 bits per heavy atom. The van der Waals surface area contributed by atoms with Gasteiger partial charge in [0, 0.05) is 24.7 Å². The van der Waals surface area contributed by atoms with E-state index in [1.807, 2.05) is 18.2 Å². The molecular formula is C15H22N2O3. The van der Waals surface area contributed by atoms with E-state index < -0.39 is 0 Å². The van der Waals surface area contributed by atoms with Crippen molar-refractivity contribution in [2.24, 2.45) is 11.1 Å². The first kappa shape index (κ1) is 14.7. The molecule has 1 aromatic carbocycles. The van der Waals surface area contributed by atoms with Crippen molar-refractivity contribution in [3.05, 3.63) is 23.8 Å². The van der Waals surface area contributed by atoms with Gasteiger partial charge >= 0.3 is 0 Å². The number of ether oxygens (including phenoxy) is 2. The third-order valence-electron chi connectivity index (χ3n) is 4.12. The zero-order valence-electron chi connectivity index (χ0n) is 12.1. The molecule has 0 aliphatic heterocycles. The zero-order chi connectivity index (χ0) is 14.6. The van der Waals surface area contributed by atoms with Crippen molar-refractivity contribution in [2.75, 3.05) is 20.8 Å². The molecule has 0 spiro atoms. The van der Waals surface area contributed by atoms with Gasteiger partial charge in [-0.1, -0.05) is 6.42 Å². The van der Waals surface area contributed by atoms with Crippen molar-refractivity contribution < 1.29 is 14.3 Å². The average molecular weight is 278 g/mol. The van der Waals surface area contributed by atoms with E-state index in [4.69, 9.17) is 15.2 Å². The number of carbonyl (C=O) groups excluding carboxylic acids is 1. The second kappa shape index (κ2) is 6.13. The number of carbonyl (C=O) groups is 1. The first-order valence-electron chi connectivity index (χ1n) is 6.84. The highest BCUT2D eigenvalue weighted by Gasteiger charge is 2.42. The molecule has 1 fully saturated rings. The molecule has 0 saturated heterocycles. The van der Waals surface area contributed by atoms with Crippen LogP contribution in [0, 0.1) is 5.41 Å². The number of rotatable bonds is 6. The Labute approximate surface area is 119 Å². The average Bonchev–Trinajstić information content (AvgIpc) is 2.44. The van der Waals surface area contributed by atoms with Gasteiger partial charge in [0.15, 0.2) is 0 Å². The molecule has 0 aromatic heterocycles. The molecule has 20 heavy (non-hydrogen) atoms. The standard InChI is InChI=1S/C15H22N2O3/c1-19-12-5-4-11(13(8-12)20-2)9-17-14(18)15(10-16)6-3-7-15/h4-5,8H,3,6-7,9-10,16H2,1-2H3,(H,17,18). The Kier molecular flexibility index (Phi) is 4.49. The van der Waals surface area contributed by atoms with Gasteiger partial charge < -0.3 is 20.5 Å². The molecule has 1 saturated carbocycles. The molecule has 0 heterocycles. The minimum atomic E-state index is -0.348. The van der Waals surface area contributed by atoms with Crippen molar-refractivity contribution in [3.63, 3.8) is 0 Å². The molecule has 1 amide bonds. The first-order chi connectivity index (χ1) is 9.65. The first-order valence-corrected chi connectivity index (χ1v) is 6.84. The van der Waals surface area contributed by atoms with Crippen LogP contribution in [-0.4, -0.2) is 26.7 Å². The van der Waals surface area contributed by atoms with Crippen LogP contribution in [0.4, 0.5) is 0 Å². The van der Waals surface area contributed by atoms with Gasteiger partial charge in [-0.3, -0.25) is 4.79 Å². The molecule has 5 nitrogen and oxygen atoms in total. The minimum absolute atomic E-state index is 0.0455. The minimum Gasteiger partial charge on any atom is -0.497 e. The molecule has 0 atom stereocenters. The molecular weight excluding hydrogens is 256 g/mol. The van der Waals surface area contributed by atoms with Crippen LogP contribution in [-0.2, 0) is 11.3 Å². The van der Waals surface area contributed by atoms with E-state index in [2.05, 4.69) is 5.32 Å². The maximum absolute atomic E-state index is 12.2. The SMILES string of the molecule is COc1ccc(CNC(=O)C2(CN)CCC2)c(OC)c1. The summed E-state index contributed by atoms with van der Waals surface area (Å²) in [6.45, 7) is 0.854. The van der Waals surface area contributed by atoms with Crippen molar-refractivity contribution in [2.45, 2.75) is 25.8 Å². The molecule has 2 rings (SSSR count). The molecule has 0 unspecified atom stereocenters. The second-order valence-corrected chi connectivity index (χ2v) is 5.20. The van der Waals surface area contributed by atoms with Crippen molar-refractivity contribution in [3.8, 4) is 11.5 Å². The molecule has 1 aliphatic carbocycles. The fourth-order valence-corrected chi connectivity index (χ4v) is 2.49. The topological polar surface area (TPSA) is 73.6 Å².